The Balaban J connectivity index is 2.34. The lowest BCUT2D eigenvalue weighted by molar-refractivity contribution is 0.930. The van der Waals surface area contributed by atoms with E-state index in [2.05, 4.69) is 49.9 Å². The molecule has 0 nitrogen and oxygen atoms in total. The van der Waals surface area contributed by atoms with Crippen molar-refractivity contribution in [3.8, 4) is 0 Å². The minimum Gasteiger partial charge on any atom is -0.0995 e. The highest BCUT2D eigenvalue weighted by Gasteiger charge is 1.95. The van der Waals surface area contributed by atoms with Crippen molar-refractivity contribution in [2.24, 2.45) is 0 Å². The molecule has 0 fully saturated rings. The number of rotatable bonds is 5. The van der Waals surface area contributed by atoms with E-state index < -0.39 is 0 Å². The molecule has 1 aromatic carbocycles. The molecular weight excluding hydrogens is 168 g/mol. The first-order valence-corrected chi connectivity index (χ1v) is 5.14. The third kappa shape index (κ3) is 4.08. The maximum absolute atomic E-state index is 4.09. The molecule has 0 aliphatic heterocycles. The Morgan fingerprint density at radius 2 is 2.00 bits per heavy atom. The Labute approximate surface area is 87.0 Å². The molecule has 0 radical (unpaired) electrons. The van der Waals surface area contributed by atoms with Crippen LogP contribution >= 0.6 is 0 Å². The zero-order valence-corrected chi connectivity index (χ0v) is 8.87. The Hall–Kier alpha value is -1.30. The molecule has 0 N–H and O–H groups in total. The molecule has 0 saturated heterocycles. The van der Waals surface area contributed by atoms with E-state index in [0.717, 1.165) is 19.3 Å². The summed E-state index contributed by atoms with van der Waals surface area (Å²) in [4.78, 5) is 0. The van der Waals surface area contributed by atoms with E-state index in [4.69, 9.17) is 0 Å². The molecule has 0 saturated carbocycles. The number of allylic oxidation sites excluding steroid dienone is 3. The van der Waals surface area contributed by atoms with Gasteiger partial charge in [0.05, 0.1) is 0 Å². The average molecular weight is 186 g/mol. The van der Waals surface area contributed by atoms with E-state index in [1.807, 2.05) is 6.07 Å². The molecule has 0 heteroatoms. The number of hydrogen-bond donors (Lipinski definition) is 0. The molecule has 0 heterocycles. The molecule has 0 bridgehead atoms. The topological polar surface area (TPSA) is 0 Å². The highest BCUT2D eigenvalue weighted by atomic mass is 14.0. The zero-order chi connectivity index (χ0) is 10.2. The lowest BCUT2D eigenvalue weighted by Crippen LogP contribution is -1.88. The number of benzene rings is 1. The average Bonchev–Trinajstić information content (AvgIpc) is 2.20. The van der Waals surface area contributed by atoms with Crippen molar-refractivity contribution in [1.29, 1.82) is 0 Å². The molecule has 14 heavy (non-hydrogen) atoms. The fourth-order valence-electron chi connectivity index (χ4n) is 1.43. The van der Waals surface area contributed by atoms with Gasteiger partial charge in [0.1, 0.15) is 0 Å². The zero-order valence-electron chi connectivity index (χ0n) is 8.87. The fraction of sp³-hybridized carbons (Fsp3) is 0.286. The summed E-state index contributed by atoms with van der Waals surface area (Å²) < 4.78 is 0. The van der Waals surface area contributed by atoms with Gasteiger partial charge in [0, 0.05) is 0 Å². The molecule has 0 atom stereocenters. The van der Waals surface area contributed by atoms with Crippen LogP contribution in [0.4, 0.5) is 0 Å². The predicted octanol–water partition coefficient (Wildman–Crippen LogP) is 4.14. The van der Waals surface area contributed by atoms with Crippen LogP contribution in [0.5, 0.6) is 0 Å². The van der Waals surface area contributed by atoms with Crippen LogP contribution in [0.15, 0.2) is 54.6 Å². The van der Waals surface area contributed by atoms with Gasteiger partial charge in [0.2, 0.25) is 0 Å². The van der Waals surface area contributed by atoms with Crippen molar-refractivity contribution >= 4 is 0 Å². The first-order chi connectivity index (χ1) is 6.83. The second kappa shape index (κ2) is 6.20. The van der Waals surface area contributed by atoms with Gasteiger partial charge in [-0.25, -0.2) is 0 Å². The van der Waals surface area contributed by atoms with Gasteiger partial charge in [-0.05, 0) is 31.7 Å². The summed E-state index contributed by atoms with van der Waals surface area (Å²) in [7, 11) is 0. The van der Waals surface area contributed by atoms with E-state index in [-0.39, 0.29) is 0 Å². The van der Waals surface area contributed by atoms with Crippen molar-refractivity contribution in [1.82, 2.24) is 0 Å². The van der Waals surface area contributed by atoms with Crippen molar-refractivity contribution in [2.45, 2.75) is 26.2 Å². The van der Waals surface area contributed by atoms with Crippen LogP contribution in [0.3, 0.4) is 0 Å². The van der Waals surface area contributed by atoms with Crippen molar-refractivity contribution in [3.05, 3.63) is 60.2 Å². The lowest BCUT2D eigenvalue weighted by atomic mass is 10.0. The van der Waals surface area contributed by atoms with E-state index >= 15 is 0 Å². The fourth-order valence-corrected chi connectivity index (χ4v) is 1.43. The van der Waals surface area contributed by atoms with E-state index in [1.54, 1.807) is 0 Å². The molecule has 0 unspecified atom stereocenters. The van der Waals surface area contributed by atoms with E-state index in [1.165, 1.54) is 11.1 Å². The summed E-state index contributed by atoms with van der Waals surface area (Å²) in [6, 6.07) is 10.5. The normalized spacial score (nSPS) is 10.6. The van der Waals surface area contributed by atoms with Crippen LogP contribution in [0.2, 0.25) is 0 Å². The third-order valence-corrected chi connectivity index (χ3v) is 2.20. The van der Waals surface area contributed by atoms with Crippen LogP contribution in [0, 0.1) is 0 Å². The summed E-state index contributed by atoms with van der Waals surface area (Å²) in [6.07, 6.45) is 7.51. The summed E-state index contributed by atoms with van der Waals surface area (Å²) in [6.45, 7) is 6.14. The Bertz CT molecular complexity index is 293. The molecule has 0 aromatic heterocycles. The number of hydrogen-bond acceptors (Lipinski definition) is 0. The van der Waals surface area contributed by atoms with Gasteiger partial charge in [-0.1, -0.05) is 54.6 Å². The molecule has 1 aromatic rings. The monoisotopic (exact) mass is 186 g/mol. The largest absolute Gasteiger partial charge is 0.0995 e. The van der Waals surface area contributed by atoms with Crippen LogP contribution in [-0.4, -0.2) is 0 Å². The summed E-state index contributed by atoms with van der Waals surface area (Å²) in [5.41, 5.74) is 2.67. The maximum Gasteiger partial charge on any atom is -0.00697 e. The van der Waals surface area contributed by atoms with Gasteiger partial charge < -0.3 is 0 Å². The van der Waals surface area contributed by atoms with Gasteiger partial charge in [-0.3, -0.25) is 0 Å². The molecule has 0 aliphatic carbocycles. The quantitative estimate of drug-likeness (QED) is 0.606. The summed E-state index contributed by atoms with van der Waals surface area (Å²) in [5.74, 6) is 0. The minimum atomic E-state index is 1.01. The second-order valence-electron chi connectivity index (χ2n) is 3.52. The standard InChI is InChI=1S/C14H18/c1-3-4-6-9-13(2)12-14-10-7-5-8-11-14/h3-5,7-8,10-11H,2,6,9,12H2,1H3/b4-3+. The summed E-state index contributed by atoms with van der Waals surface area (Å²) >= 11 is 0. The van der Waals surface area contributed by atoms with Crippen LogP contribution < -0.4 is 0 Å². The highest BCUT2D eigenvalue weighted by molar-refractivity contribution is 5.20. The predicted molar refractivity (Wildman–Crippen MR) is 63.3 cm³/mol. The van der Waals surface area contributed by atoms with Gasteiger partial charge >= 0.3 is 0 Å². The van der Waals surface area contributed by atoms with E-state index in [0.29, 0.717) is 0 Å². The SMILES string of the molecule is C=C(CC/C=C/C)Cc1ccccc1. The van der Waals surface area contributed by atoms with Crippen molar-refractivity contribution in [3.63, 3.8) is 0 Å². The van der Waals surface area contributed by atoms with Crippen molar-refractivity contribution < 1.29 is 0 Å². The van der Waals surface area contributed by atoms with Gasteiger partial charge in [-0.2, -0.15) is 0 Å². The van der Waals surface area contributed by atoms with E-state index in [9.17, 15) is 0 Å². The van der Waals surface area contributed by atoms with Gasteiger partial charge in [-0.15, -0.1) is 0 Å². The Kier molecular flexibility index (Phi) is 4.77. The van der Waals surface area contributed by atoms with Gasteiger partial charge in [0.15, 0.2) is 0 Å². The Morgan fingerprint density at radius 1 is 1.29 bits per heavy atom. The van der Waals surface area contributed by atoms with Crippen LogP contribution in [0.25, 0.3) is 0 Å². The first kappa shape index (κ1) is 10.8. The molecular formula is C14H18. The maximum atomic E-state index is 4.09. The first-order valence-electron chi connectivity index (χ1n) is 5.14. The molecule has 0 aliphatic rings. The van der Waals surface area contributed by atoms with Crippen molar-refractivity contribution in [2.75, 3.05) is 0 Å². The smallest absolute Gasteiger partial charge is 0.00697 e. The molecule has 1 rings (SSSR count). The second-order valence-corrected chi connectivity index (χ2v) is 3.52. The van der Waals surface area contributed by atoms with Crippen LogP contribution in [-0.2, 0) is 6.42 Å². The summed E-state index contributed by atoms with van der Waals surface area (Å²) in [5, 5.41) is 0. The minimum absolute atomic E-state index is 1.01. The molecule has 74 valence electrons. The van der Waals surface area contributed by atoms with Gasteiger partial charge in [0.25, 0.3) is 0 Å². The third-order valence-electron chi connectivity index (χ3n) is 2.20. The Morgan fingerprint density at radius 3 is 2.64 bits per heavy atom. The van der Waals surface area contributed by atoms with Crippen LogP contribution in [0.1, 0.15) is 25.3 Å². The lowest BCUT2D eigenvalue weighted by Gasteiger charge is -2.03. The molecule has 0 spiro atoms. The molecule has 0 amide bonds. The highest BCUT2D eigenvalue weighted by Crippen LogP contribution is 2.11.